The highest BCUT2D eigenvalue weighted by molar-refractivity contribution is 9.10. The third-order valence-electron chi connectivity index (χ3n) is 1.65. The minimum absolute atomic E-state index is 0.0985. The van der Waals surface area contributed by atoms with Crippen molar-refractivity contribution in [1.29, 1.82) is 0 Å². The van der Waals surface area contributed by atoms with Gasteiger partial charge in [0.25, 0.3) is 0 Å². The molecule has 0 heterocycles. The summed E-state index contributed by atoms with van der Waals surface area (Å²) in [6.45, 7) is 2.93. The van der Waals surface area contributed by atoms with Gasteiger partial charge < -0.3 is 5.11 Å². The molecular formula is C9H9BrF2O. The number of benzene rings is 1. The average molecular weight is 251 g/mol. The molecular weight excluding hydrogens is 242 g/mol. The van der Waals surface area contributed by atoms with Crippen LogP contribution in [-0.2, 0) is 5.60 Å². The summed E-state index contributed by atoms with van der Waals surface area (Å²) in [4.78, 5) is 0. The summed E-state index contributed by atoms with van der Waals surface area (Å²) >= 11 is 2.95. The summed E-state index contributed by atoms with van der Waals surface area (Å²) in [5.41, 5.74) is -1.06. The first-order valence-electron chi connectivity index (χ1n) is 3.70. The van der Waals surface area contributed by atoms with E-state index in [4.69, 9.17) is 0 Å². The first-order valence-corrected chi connectivity index (χ1v) is 4.49. The fourth-order valence-corrected chi connectivity index (χ4v) is 1.72. The van der Waals surface area contributed by atoms with Gasteiger partial charge in [-0.25, -0.2) is 8.78 Å². The van der Waals surface area contributed by atoms with E-state index in [1.54, 1.807) is 0 Å². The van der Waals surface area contributed by atoms with E-state index in [0.29, 0.717) is 0 Å². The molecule has 72 valence electrons. The first kappa shape index (κ1) is 10.6. The zero-order chi connectivity index (χ0) is 10.2. The lowest BCUT2D eigenvalue weighted by Crippen LogP contribution is -2.17. The Labute approximate surface area is 83.5 Å². The predicted molar refractivity (Wildman–Crippen MR) is 49.3 cm³/mol. The second-order valence-corrected chi connectivity index (χ2v) is 4.10. The van der Waals surface area contributed by atoms with Crippen molar-refractivity contribution < 1.29 is 13.9 Å². The van der Waals surface area contributed by atoms with Gasteiger partial charge in [-0.15, -0.1) is 0 Å². The smallest absolute Gasteiger partial charge is 0.140 e. The lowest BCUT2D eigenvalue weighted by Gasteiger charge is -2.19. The van der Waals surface area contributed by atoms with E-state index >= 15 is 0 Å². The van der Waals surface area contributed by atoms with E-state index in [9.17, 15) is 13.9 Å². The zero-order valence-electron chi connectivity index (χ0n) is 7.24. The fraction of sp³-hybridized carbons (Fsp3) is 0.333. The van der Waals surface area contributed by atoms with E-state index in [2.05, 4.69) is 15.9 Å². The predicted octanol–water partition coefficient (Wildman–Crippen LogP) is 2.95. The molecule has 1 rings (SSSR count). The van der Waals surface area contributed by atoms with E-state index in [1.165, 1.54) is 13.8 Å². The maximum absolute atomic E-state index is 13.0. The van der Waals surface area contributed by atoms with Crippen molar-refractivity contribution in [2.75, 3.05) is 0 Å². The highest BCUT2D eigenvalue weighted by atomic mass is 79.9. The van der Waals surface area contributed by atoms with Crippen LogP contribution in [0.15, 0.2) is 16.6 Å². The average Bonchev–Trinajstić information content (AvgIpc) is 1.94. The second kappa shape index (κ2) is 3.35. The number of hydrogen-bond donors (Lipinski definition) is 1. The molecule has 1 nitrogen and oxygen atoms in total. The Kier molecular flexibility index (Phi) is 2.73. The molecule has 0 aliphatic rings. The van der Waals surface area contributed by atoms with Gasteiger partial charge >= 0.3 is 0 Å². The fourth-order valence-electron chi connectivity index (χ4n) is 1.00. The van der Waals surface area contributed by atoms with Crippen LogP contribution >= 0.6 is 15.9 Å². The third-order valence-corrected chi connectivity index (χ3v) is 2.46. The van der Waals surface area contributed by atoms with Gasteiger partial charge in [0.2, 0.25) is 0 Å². The zero-order valence-corrected chi connectivity index (χ0v) is 8.82. The van der Waals surface area contributed by atoms with Crippen molar-refractivity contribution in [2.45, 2.75) is 19.4 Å². The van der Waals surface area contributed by atoms with Gasteiger partial charge in [0, 0.05) is 11.6 Å². The maximum Gasteiger partial charge on any atom is 0.140 e. The van der Waals surface area contributed by atoms with Crippen LogP contribution in [0, 0.1) is 11.6 Å². The highest BCUT2D eigenvalue weighted by Crippen LogP contribution is 2.30. The quantitative estimate of drug-likeness (QED) is 0.761. The summed E-state index contributed by atoms with van der Waals surface area (Å²) in [5, 5.41) is 9.56. The van der Waals surface area contributed by atoms with Crippen LogP contribution in [-0.4, -0.2) is 5.11 Å². The van der Waals surface area contributed by atoms with Crippen LogP contribution in [0.2, 0.25) is 0 Å². The molecule has 0 aliphatic carbocycles. The van der Waals surface area contributed by atoms with E-state index in [-0.39, 0.29) is 10.0 Å². The van der Waals surface area contributed by atoms with Crippen molar-refractivity contribution in [3.05, 3.63) is 33.8 Å². The van der Waals surface area contributed by atoms with Crippen molar-refractivity contribution in [3.8, 4) is 0 Å². The largest absolute Gasteiger partial charge is 0.386 e. The summed E-state index contributed by atoms with van der Waals surface area (Å²) in [6.07, 6.45) is 0. The Bertz CT molecular complexity index is 331. The Balaban J connectivity index is 3.37. The number of halogens is 3. The molecule has 13 heavy (non-hydrogen) atoms. The number of hydrogen-bond acceptors (Lipinski definition) is 1. The molecule has 0 atom stereocenters. The van der Waals surface area contributed by atoms with Gasteiger partial charge in [-0.05, 0) is 35.8 Å². The Morgan fingerprint density at radius 1 is 1.31 bits per heavy atom. The first-order chi connectivity index (χ1) is 5.82. The summed E-state index contributed by atoms with van der Waals surface area (Å²) in [6, 6.07) is 1.87. The number of rotatable bonds is 1. The summed E-state index contributed by atoms with van der Waals surface area (Å²) in [7, 11) is 0. The summed E-state index contributed by atoms with van der Waals surface area (Å²) in [5.74, 6) is -1.41. The number of aliphatic hydroxyl groups is 1. The Hall–Kier alpha value is -0.480. The molecule has 1 aromatic carbocycles. The molecule has 0 saturated heterocycles. The third kappa shape index (κ3) is 2.25. The van der Waals surface area contributed by atoms with E-state index in [0.717, 1.165) is 12.1 Å². The maximum atomic E-state index is 13.0. The van der Waals surface area contributed by atoms with Gasteiger partial charge in [-0.3, -0.25) is 0 Å². The molecule has 0 saturated carbocycles. The molecule has 1 aromatic rings. The van der Waals surface area contributed by atoms with Gasteiger partial charge in [-0.1, -0.05) is 0 Å². The molecule has 0 spiro atoms. The van der Waals surface area contributed by atoms with Crippen molar-refractivity contribution in [2.24, 2.45) is 0 Å². The van der Waals surface area contributed by atoms with Gasteiger partial charge in [0.15, 0.2) is 0 Å². The van der Waals surface area contributed by atoms with Crippen molar-refractivity contribution in [1.82, 2.24) is 0 Å². The Morgan fingerprint density at radius 2 is 1.85 bits per heavy atom. The summed E-state index contributed by atoms with van der Waals surface area (Å²) < 4.78 is 25.8. The minimum atomic E-state index is -1.26. The van der Waals surface area contributed by atoms with Crippen LogP contribution in [0.4, 0.5) is 8.78 Å². The van der Waals surface area contributed by atoms with Crippen LogP contribution in [0.3, 0.4) is 0 Å². The normalized spacial score (nSPS) is 11.8. The van der Waals surface area contributed by atoms with Gasteiger partial charge in [-0.2, -0.15) is 0 Å². The van der Waals surface area contributed by atoms with E-state index < -0.39 is 17.2 Å². The molecule has 4 heteroatoms. The SMILES string of the molecule is CC(C)(O)c1cc(F)cc(F)c1Br. The Morgan fingerprint density at radius 3 is 2.31 bits per heavy atom. The highest BCUT2D eigenvalue weighted by Gasteiger charge is 2.22. The monoisotopic (exact) mass is 250 g/mol. The minimum Gasteiger partial charge on any atom is -0.386 e. The van der Waals surface area contributed by atoms with Crippen LogP contribution in [0.5, 0.6) is 0 Å². The molecule has 0 aromatic heterocycles. The molecule has 1 N–H and O–H groups in total. The molecule has 0 amide bonds. The topological polar surface area (TPSA) is 20.2 Å². The van der Waals surface area contributed by atoms with Gasteiger partial charge in [0.1, 0.15) is 11.6 Å². The van der Waals surface area contributed by atoms with Crippen molar-refractivity contribution in [3.63, 3.8) is 0 Å². The van der Waals surface area contributed by atoms with Crippen molar-refractivity contribution >= 4 is 15.9 Å². The van der Waals surface area contributed by atoms with E-state index in [1.807, 2.05) is 0 Å². The molecule has 0 unspecified atom stereocenters. The standard InChI is InChI=1S/C9H9BrF2O/c1-9(2,13)6-3-5(11)4-7(12)8(6)10/h3-4,13H,1-2H3. The molecule has 0 bridgehead atoms. The van der Waals surface area contributed by atoms with Crippen LogP contribution < -0.4 is 0 Å². The molecule has 0 radical (unpaired) electrons. The lowest BCUT2D eigenvalue weighted by molar-refractivity contribution is 0.0770. The van der Waals surface area contributed by atoms with Crippen LogP contribution in [0.25, 0.3) is 0 Å². The lowest BCUT2D eigenvalue weighted by atomic mass is 9.98. The molecule has 0 aliphatic heterocycles. The van der Waals surface area contributed by atoms with Gasteiger partial charge in [0.05, 0.1) is 10.1 Å². The second-order valence-electron chi connectivity index (χ2n) is 3.31. The molecule has 0 fully saturated rings. The van der Waals surface area contributed by atoms with Crippen LogP contribution in [0.1, 0.15) is 19.4 Å².